The van der Waals surface area contributed by atoms with E-state index in [0.717, 1.165) is 17.9 Å². The maximum atomic E-state index is 10.4. The summed E-state index contributed by atoms with van der Waals surface area (Å²) in [4.78, 5) is 10.4. The van der Waals surface area contributed by atoms with Gasteiger partial charge < -0.3 is 9.47 Å². The zero-order valence-corrected chi connectivity index (χ0v) is 12.6. The van der Waals surface area contributed by atoms with E-state index in [0.29, 0.717) is 13.0 Å². The first kappa shape index (κ1) is 16.8. The molecule has 3 heteroatoms. The monoisotopic (exact) mass is 286 g/mol. The minimum Gasteiger partial charge on any atom is -0.466 e. The van der Waals surface area contributed by atoms with Crippen molar-refractivity contribution in [1.82, 2.24) is 0 Å². The molecule has 0 saturated heterocycles. The third kappa shape index (κ3) is 7.78. The van der Waals surface area contributed by atoms with Crippen LogP contribution in [0.1, 0.15) is 26.7 Å². The van der Waals surface area contributed by atoms with Crippen molar-refractivity contribution in [1.29, 1.82) is 0 Å². The van der Waals surface area contributed by atoms with Gasteiger partial charge in [-0.05, 0) is 37.6 Å². The second-order valence-corrected chi connectivity index (χ2v) is 4.28. The lowest BCUT2D eigenvalue weighted by atomic mass is 10.3. The van der Waals surface area contributed by atoms with E-state index in [2.05, 4.69) is 4.74 Å². The lowest BCUT2D eigenvalue weighted by Crippen LogP contribution is -2.01. The van der Waals surface area contributed by atoms with Gasteiger partial charge in [-0.25, -0.2) is 0 Å². The van der Waals surface area contributed by atoms with Gasteiger partial charge in [0.2, 0.25) is 0 Å². The molecule has 0 atom stereocenters. The van der Waals surface area contributed by atoms with Crippen LogP contribution < -0.4 is 4.74 Å². The van der Waals surface area contributed by atoms with Gasteiger partial charge in [0.05, 0.1) is 6.61 Å². The quantitative estimate of drug-likeness (QED) is 0.739. The molecular weight excluding hydrogens is 264 g/mol. The number of benzene rings is 2. The summed E-state index contributed by atoms with van der Waals surface area (Å²) in [5.41, 5.74) is 0. The fourth-order valence-corrected chi connectivity index (χ4v) is 1.55. The molecule has 3 nitrogen and oxygen atoms in total. The van der Waals surface area contributed by atoms with Crippen LogP contribution in [0.5, 0.6) is 11.5 Å². The molecule has 0 fully saturated rings. The first-order valence-electron chi connectivity index (χ1n) is 7.19. The molecule has 21 heavy (non-hydrogen) atoms. The molecule has 0 spiro atoms. The summed E-state index contributed by atoms with van der Waals surface area (Å²) in [6.07, 6.45) is 1.42. The van der Waals surface area contributed by atoms with Crippen LogP contribution in [0, 0.1) is 0 Å². The Morgan fingerprint density at radius 2 is 1.33 bits per heavy atom. The van der Waals surface area contributed by atoms with Crippen molar-refractivity contribution in [3.63, 3.8) is 0 Å². The van der Waals surface area contributed by atoms with E-state index in [-0.39, 0.29) is 5.97 Å². The average molecular weight is 286 g/mol. The zero-order chi connectivity index (χ0) is 15.3. The molecule has 0 aromatic heterocycles. The molecule has 0 amide bonds. The molecule has 0 aliphatic heterocycles. The summed E-state index contributed by atoms with van der Waals surface area (Å²) < 4.78 is 10.2. The van der Waals surface area contributed by atoms with Gasteiger partial charge >= 0.3 is 5.97 Å². The van der Waals surface area contributed by atoms with Crippen molar-refractivity contribution in [2.24, 2.45) is 0 Å². The molecule has 0 aliphatic carbocycles. The van der Waals surface area contributed by atoms with Crippen molar-refractivity contribution in [3.8, 4) is 11.5 Å². The van der Waals surface area contributed by atoms with Crippen LogP contribution in [-0.2, 0) is 9.53 Å². The Balaban J connectivity index is 0.000000240. The minimum atomic E-state index is -0.0880. The predicted octanol–water partition coefficient (Wildman–Crippen LogP) is 4.83. The van der Waals surface area contributed by atoms with E-state index in [1.54, 1.807) is 0 Å². The molecule has 2 rings (SSSR count). The topological polar surface area (TPSA) is 35.5 Å². The lowest BCUT2D eigenvalue weighted by molar-refractivity contribution is -0.143. The number of ether oxygens (including phenoxy) is 2. The Hall–Kier alpha value is -2.29. The summed E-state index contributed by atoms with van der Waals surface area (Å²) in [6, 6.07) is 19.5. The SMILES string of the molecule is CCCC(=O)OCC.c1ccc(Oc2ccccc2)cc1. The summed E-state index contributed by atoms with van der Waals surface area (Å²) in [5, 5.41) is 0. The van der Waals surface area contributed by atoms with E-state index in [9.17, 15) is 4.79 Å². The molecule has 0 aliphatic rings. The number of carbonyl (C=O) groups excluding carboxylic acids is 1. The summed E-state index contributed by atoms with van der Waals surface area (Å²) in [6.45, 7) is 4.27. The summed E-state index contributed by atoms with van der Waals surface area (Å²) in [5.74, 6) is 1.65. The molecule has 0 bridgehead atoms. The van der Waals surface area contributed by atoms with Gasteiger partial charge in [0.15, 0.2) is 0 Å². The molecule has 0 N–H and O–H groups in total. The molecular formula is C18H22O3. The van der Waals surface area contributed by atoms with Gasteiger partial charge in [0, 0.05) is 6.42 Å². The van der Waals surface area contributed by atoms with E-state index in [4.69, 9.17) is 4.74 Å². The van der Waals surface area contributed by atoms with Crippen LogP contribution in [0.2, 0.25) is 0 Å². The summed E-state index contributed by atoms with van der Waals surface area (Å²) in [7, 11) is 0. The number of carbonyl (C=O) groups is 1. The number of hydrogen-bond acceptors (Lipinski definition) is 3. The van der Waals surface area contributed by atoms with Crippen LogP contribution in [0.25, 0.3) is 0 Å². The van der Waals surface area contributed by atoms with Crippen LogP contribution in [0.15, 0.2) is 60.7 Å². The fraction of sp³-hybridized carbons (Fsp3) is 0.278. The van der Waals surface area contributed by atoms with Crippen molar-refractivity contribution < 1.29 is 14.3 Å². The van der Waals surface area contributed by atoms with Crippen molar-refractivity contribution in [2.45, 2.75) is 26.7 Å². The van der Waals surface area contributed by atoms with Crippen LogP contribution in [-0.4, -0.2) is 12.6 Å². The second kappa shape index (κ2) is 10.5. The number of esters is 1. The second-order valence-electron chi connectivity index (χ2n) is 4.28. The van der Waals surface area contributed by atoms with Crippen molar-refractivity contribution in [2.75, 3.05) is 6.61 Å². The molecule has 0 unspecified atom stereocenters. The van der Waals surface area contributed by atoms with E-state index >= 15 is 0 Å². The number of para-hydroxylation sites is 2. The van der Waals surface area contributed by atoms with Gasteiger partial charge in [-0.3, -0.25) is 4.79 Å². The van der Waals surface area contributed by atoms with Crippen LogP contribution in [0.3, 0.4) is 0 Å². The zero-order valence-electron chi connectivity index (χ0n) is 12.6. The van der Waals surface area contributed by atoms with E-state index < -0.39 is 0 Å². The van der Waals surface area contributed by atoms with Gasteiger partial charge in [0.25, 0.3) is 0 Å². The largest absolute Gasteiger partial charge is 0.466 e. The molecule has 2 aromatic carbocycles. The maximum Gasteiger partial charge on any atom is 0.305 e. The Kier molecular flexibility index (Phi) is 8.38. The highest BCUT2D eigenvalue weighted by Crippen LogP contribution is 2.19. The first-order valence-corrected chi connectivity index (χ1v) is 7.19. The van der Waals surface area contributed by atoms with E-state index in [1.807, 2.05) is 74.5 Å². The maximum absolute atomic E-state index is 10.4. The predicted molar refractivity (Wildman–Crippen MR) is 84.5 cm³/mol. The van der Waals surface area contributed by atoms with Gasteiger partial charge in [-0.1, -0.05) is 43.3 Å². The number of rotatable bonds is 5. The summed E-state index contributed by atoms with van der Waals surface area (Å²) >= 11 is 0. The fourth-order valence-electron chi connectivity index (χ4n) is 1.55. The first-order chi connectivity index (χ1) is 10.3. The molecule has 2 aromatic rings. The van der Waals surface area contributed by atoms with Crippen LogP contribution >= 0.6 is 0 Å². The lowest BCUT2D eigenvalue weighted by Gasteiger charge is -2.03. The third-order valence-electron chi connectivity index (χ3n) is 2.48. The Morgan fingerprint density at radius 3 is 1.71 bits per heavy atom. The molecule has 112 valence electrons. The highest BCUT2D eigenvalue weighted by Gasteiger charge is 1.95. The van der Waals surface area contributed by atoms with E-state index in [1.165, 1.54) is 0 Å². The highest BCUT2D eigenvalue weighted by molar-refractivity contribution is 5.69. The smallest absolute Gasteiger partial charge is 0.305 e. The van der Waals surface area contributed by atoms with Gasteiger partial charge in [-0.15, -0.1) is 0 Å². The van der Waals surface area contributed by atoms with Crippen molar-refractivity contribution >= 4 is 5.97 Å². The average Bonchev–Trinajstić information content (AvgIpc) is 2.50. The van der Waals surface area contributed by atoms with Crippen molar-refractivity contribution in [3.05, 3.63) is 60.7 Å². The molecule has 0 heterocycles. The standard InChI is InChI=1S/C12H10O.C6H12O2/c1-3-7-11(8-4-1)13-12-9-5-2-6-10-12;1-3-5-6(7)8-4-2/h1-10H;3-5H2,1-2H3. The van der Waals surface area contributed by atoms with Gasteiger partial charge in [0.1, 0.15) is 11.5 Å². The number of hydrogen-bond donors (Lipinski definition) is 0. The Morgan fingerprint density at radius 1 is 0.857 bits per heavy atom. The third-order valence-corrected chi connectivity index (χ3v) is 2.48. The highest BCUT2D eigenvalue weighted by atomic mass is 16.5. The Bertz CT molecular complexity index is 449. The molecule has 0 radical (unpaired) electrons. The van der Waals surface area contributed by atoms with Gasteiger partial charge in [-0.2, -0.15) is 0 Å². The molecule has 0 saturated carbocycles. The Labute approximate surface area is 126 Å². The van der Waals surface area contributed by atoms with Crippen LogP contribution in [0.4, 0.5) is 0 Å². The normalized spacial score (nSPS) is 9.24. The minimum absolute atomic E-state index is 0.0880.